The number of para-hydroxylation sites is 1. The average molecular weight is 275 g/mol. The van der Waals surface area contributed by atoms with E-state index >= 15 is 0 Å². The number of carbonyl (C=O) groups is 2. The quantitative estimate of drug-likeness (QED) is 0.858. The van der Waals surface area contributed by atoms with Gasteiger partial charge >= 0.3 is 12.0 Å². The second-order valence-electron chi connectivity index (χ2n) is 4.32. The first kappa shape index (κ1) is 15.5. The molecule has 106 valence electrons. The Morgan fingerprint density at radius 1 is 1.45 bits per heavy atom. The Balaban J connectivity index is 2.86. The zero-order chi connectivity index (χ0) is 15.1. The van der Waals surface area contributed by atoms with Crippen LogP contribution in [0.1, 0.15) is 25.3 Å². The number of urea groups is 1. The second-order valence-corrected chi connectivity index (χ2v) is 4.32. The molecule has 1 atom stereocenters. The summed E-state index contributed by atoms with van der Waals surface area (Å²) >= 11 is 0. The van der Waals surface area contributed by atoms with Gasteiger partial charge in [0.25, 0.3) is 0 Å². The van der Waals surface area contributed by atoms with E-state index in [9.17, 15) is 9.59 Å². The van der Waals surface area contributed by atoms with Crippen molar-refractivity contribution in [3.63, 3.8) is 0 Å². The predicted octanol–water partition coefficient (Wildman–Crippen LogP) is 1.96. The largest absolute Gasteiger partial charge is 0.480 e. The molecule has 2 amide bonds. The van der Waals surface area contributed by atoms with Crippen molar-refractivity contribution in [1.82, 2.24) is 5.32 Å². The lowest BCUT2D eigenvalue weighted by molar-refractivity contribution is -0.139. The van der Waals surface area contributed by atoms with Crippen LogP contribution >= 0.6 is 0 Å². The normalized spacial score (nSPS) is 11.2. The fraction of sp³-hybridized carbons (Fsp3) is 0.357. The van der Waals surface area contributed by atoms with Crippen LogP contribution in [0.4, 0.5) is 10.5 Å². The zero-order valence-electron chi connectivity index (χ0n) is 11.5. The number of benzene rings is 1. The molecule has 6 heteroatoms. The minimum atomic E-state index is -1.07. The average Bonchev–Trinajstić information content (AvgIpc) is 2.45. The standard InChI is InChI=1S/C14H17N3O3/c1-3-6-11(13(18)19)16-14(20)17(2)12-8-5-4-7-10(12)9-15/h4-5,7-8,11H,3,6H2,1-2H3,(H,16,20)(H,18,19)/t11-/m1/s1. The summed E-state index contributed by atoms with van der Waals surface area (Å²) in [5, 5.41) is 20.5. The van der Waals surface area contributed by atoms with Crippen LogP contribution in [0.15, 0.2) is 24.3 Å². The lowest BCUT2D eigenvalue weighted by Crippen LogP contribution is -2.46. The summed E-state index contributed by atoms with van der Waals surface area (Å²) in [6.45, 7) is 1.84. The first-order chi connectivity index (χ1) is 9.51. The molecule has 0 heterocycles. The molecule has 0 bridgehead atoms. The van der Waals surface area contributed by atoms with Crippen molar-refractivity contribution in [2.45, 2.75) is 25.8 Å². The molecule has 0 aromatic heterocycles. The minimum Gasteiger partial charge on any atom is -0.480 e. The van der Waals surface area contributed by atoms with E-state index in [2.05, 4.69) is 5.32 Å². The van der Waals surface area contributed by atoms with Gasteiger partial charge in [-0.15, -0.1) is 0 Å². The number of carboxylic acid groups (broad SMARTS) is 1. The molecule has 20 heavy (non-hydrogen) atoms. The van der Waals surface area contributed by atoms with Crippen molar-refractivity contribution in [3.8, 4) is 6.07 Å². The summed E-state index contributed by atoms with van der Waals surface area (Å²) < 4.78 is 0. The summed E-state index contributed by atoms with van der Waals surface area (Å²) in [7, 11) is 1.50. The Labute approximate surface area is 117 Å². The smallest absolute Gasteiger partial charge is 0.326 e. The molecule has 0 saturated heterocycles. The number of nitrogens with zero attached hydrogens (tertiary/aromatic N) is 2. The molecule has 0 saturated carbocycles. The fourth-order valence-electron chi connectivity index (χ4n) is 1.76. The predicted molar refractivity (Wildman–Crippen MR) is 74.4 cm³/mol. The second kappa shape index (κ2) is 7.14. The molecule has 1 aromatic rings. The number of nitrogens with one attached hydrogen (secondary N) is 1. The molecule has 0 aliphatic rings. The molecule has 2 N–H and O–H groups in total. The Bertz CT molecular complexity index is 537. The number of hydrogen-bond acceptors (Lipinski definition) is 3. The highest BCUT2D eigenvalue weighted by Gasteiger charge is 2.22. The molecule has 1 aromatic carbocycles. The highest BCUT2D eigenvalue weighted by atomic mass is 16.4. The first-order valence-electron chi connectivity index (χ1n) is 6.27. The monoisotopic (exact) mass is 275 g/mol. The molecule has 6 nitrogen and oxygen atoms in total. The molecule has 0 fully saturated rings. The van der Waals surface area contributed by atoms with Crippen molar-refractivity contribution in [2.75, 3.05) is 11.9 Å². The van der Waals surface area contributed by atoms with E-state index in [1.807, 2.05) is 13.0 Å². The lowest BCUT2D eigenvalue weighted by atomic mass is 10.1. The summed E-state index contributed by atoms with van der Waals surface area (Å²) in [5.74, 6) is -1.07. The maximum Gasteiger partial charge on any atom is 0.326 e. The molecule has 0 radical (unpaired) electrons. The maximum atomic E-state index is 12.0. The van der Waals surface area contributed by atoms with E-state index in [0.29, 0.717) is 24.1 Å². The van der Waals surface area contributed by atoms with Crippen LogP contribution in [0, 0.1) is 11.3 Å². The van der Waals surface area contributed by atoms with E-state index in [1.165, 1.54) is 11.9 Å². The van der Waals surface area contributed by atoms with Crippen molar-refractivity contribution in [3.05, 3.63) is 29.8 Å². The van der Waals surface area contributed by atoms with Gasteiger partial charge in [0.2, 0.25) is 0 Å². The third kappa shape index (κ3) is 3.72. The van der Waals surface area contributed by atoms with E-state index in [1.54, 1.807) is 24.3 Å². The number of hydrogen-bond donors (Lipinski definition) is 2. The molecule has 0 unspecified atom stereocenters. The molecular weight excluding hydrogens is 258 g/mol. The summed E-state index contributed by atoms with van der Waals surface area (Å²) in [6.07, 6.45) is 1.00. The van der Waals surface area contributed by atoms with Crippen molar-refractivity contribution in [1.29, 1.82) is 5.26 Å². The van der Waals surface area contributed by atoms with E-state index in [-0.39, 0.29) is 0 Å². The summed E-state index contributed by atoms with van der Waals surface area (Å²) in [6, 6.07) is 7.16. The van der Waals surface area contributed by atoms with Crippen LogP contribution in [0.25, 0.3) is 0 Å². The van der Waals surface area contributed by atoms with E-state index in [4.69, 9.17) is 10.4 Å². The van der Waals surface area contributed by atoms with Gasteiger partial charge in [-0.05, 0) is 18.6 Å². The van der Waals surface area contributed by atoms with Crippen LogP contribution in [0.3, 0.4) is 0 Å². The van der Waals surface area contributed by atoms with Gasteiger partial charge in [0.05, 0.1) is 11.3 Å². The van der Waals surface area contributed by atoms with Crippen LogP contribution < -0.4 is 10.2 Å². The number of aliphatic carboxylic acids is 1. The SMILES string of the molecule is CCC[C@@H](NC(=O)N(C)c1ccccc1C#N)C(=O)O. The third-order valence-electron chi connectivity index (χ3n) is 2.86. The summed E-state index contributed by atoms with van der Waals surface area (Å²) in [5.41, 5.74) is 0.792. The van der Waals surface area contributed by atoms with Gasteiger partial charge in [-0.1, -0.05) is 25.5 Å². The van der Waals surface area contributed by atoms with Gasteiger partial charge in [0.1, 0.15) is 12.1 Å². The highest BCUT2D eigenvalue weighted by molar-refractivity contribution is 5.95. The molecular formula is C14H17N3O3. The number of carboxylic acids is 1. The number of anilines is 1. The Hall–Kier alpha value is -2.55. The Morgan fingerprint density at radius 3 is 2.65 bits per heavy atom. The molecule has 0 aliphatic carbocycles. The van der Waals surface area contributed by atoms with Gasteiger partial charge in [-0.2, -0.15) is 5.26 Å². The number of rotatable bonds is 5. The lowest BCUT2D eigenvalue weighted by Gasteiger charge is -2.22. The molecule has 0 aliphatic heterocycles. The number of amides is 2. The van der Waals surface area contributed by atoms with Crippen molar-refractivity contribution < 1.29 is 14.7 Å². The summed E-state index contributed by atoms with van der Waals surface area (Å²) in [4.78, 5) is 24.3. The first-order valence-corrected chi connectivity index (χ1v) is 6.27. The van der Waals surface area contributed by atoms with Crippen molar-refractivity contribution in [2.24, 2.45) is 0 Å². The van der Waals surface area contributed by atoms with Crippen LogP contribution in [-0.2, 0) is 4.79 Å². The van der Waals surface area contributed by atoms with Crippen molar-refractivity contribution >= 4 is 17.7 Å². The van der Waals surface area contributed by atoms with Crippen LogP contribution in [0.5, 0.6) is 0 Å². The van der Waals surface area contributed by atoms with Crippen LogP contribution in [0.2, 0.25) is 0 Å². The number of carbonyl (C=O) groups excluding carboxylic acids is 1. The fourth-order valence-corrected chi connectivity index (χ4v) is 1.76. The van der Waals surface area contributed by atoms with Gasteiger partial charge < -0.3 is 10.4 Å². The van der Waals surface area contributed by atoms with Crippen LogP contribution in [-0.4, -0.2) is 30.2 Å². The van der Waals surface area contributed by atoms with E-state index in [0.717, 1.165) is 0 Å². The van der Waals surface area contributed by atoms with Gasteiger partial charge in [-0.25, -0.2) is 9.59 Å². The van der Waals surface area contributed by atoms with Gasteiger partial charge in [-0.3, -0.25) is 4.90 Å². The Kier molecular flexibility index (Phi) is 5.54. The topological polar surface area (TPSA) is 93.4 Å². The van der Waals surface area contributed by atoms with Gasteiger partial charge in [0, 0.05) is 7.05 Å². The Morgan fingerprint density at radius 2 is 2.10 bits per heavy atom. The van der Waals surface area contributed by atoms with E-state index < -0.39 is 18.0 Å². The molecule has 0 spiro atoms. The maximum absolute atomic E-state index is 12.0. The highest BCUT2D eigenvalue weighted by Crippen LogP contribution is 2.18. The molecule has 1 rings (SSSR count). The third-order valence-corrected chi connectivity index (χ3v) is 2.86. The van der Waals surface area contributed by atoms with Gasteiger partial charge in [0.15, 0.2) is 0 Å². The zero-order valence-corrected chi connectivity index (χ0v) is 11.5. The number of nitriles is 1. The minimum absolute atomic E-state index is 0.354.